The van der Waals surface area contributed by atoms with E-state index in [9.17, 15) is 20.1 Å². The molecule has 0 unspecified atom stereocenters. The van der Waals surface area contributed by atoms with Crippen LogP contribution >= 0.6 is 0 Å². The molecule has 2 aromatic carbocycles. The Hall–Kier alpha value is -2.53. The Balaban J connectivity index is 2.12. The number of aliphatic hydroxyl groups is 1. The molecule has 0 radical (unpaired) electrons. The SMILES string of the molecule is Cc1c(O)cc2c(c1O)C(=O)[C@H](O)[C@@H](c1ccccc1)O2. The van der Waals surface area contributed by atoms with E-state index in [4.69, 9.17) is 4.74 Å². The molecular formula is C16H14O5. The summed E-state index contributed by atoms with van der Waals surface area (Å²) in [6.07, 6.45) is -2.28. The van der Waals surface area contributed by atoms with Crippen molar-refractivity contribution in [1.82, 2.24) is 0 Å². The number of Topliss-reactive ketones (excluding diaryl/α,β-unsaturated/α-hetero) is 1. The molecule has 0 fully saturated rings. The van der Waals surface area contributed by atoms with Crippen LogP contribution in [-0.2, 0) is 0 Å². The molecule has 5 nitrogen and oxygen atoms in total. The van der Waals surface area contributed by atoms with Gasteiger partial charge in [-0.2, -0.15) is 0 Å². The summed E-state index contributed by atoms with van der Waals surface area (Å²) in [6, 6.07) is 10.1. The zero-order valence-corrected chi connectivity index (χ0v) is 11.3. The Morgan fingerprint density at radius 2 is 1.81 bits per heavy atom. The maximum atomic E-state index is 12.3. The maximum Gasteiger partial charge on any atom is 0.202 e. The molecule has 0 aliphatic carbocycles. The van der Waals surface area contributed by atoms with Gasteiger partial charge in [-0.15, -0.1) is 0 Å². The highest BCUT2D eigenvalue weighted by atomic mass is 16.5. The van der Waals surface area contributed by atoms with E-state index in [1.165, 1.54) is 13.0 Å². The van der Waals surface area contributed by atoms with Gasteiger partial charge in [-0.05, 0) is 12.5 Å². The Labute approximate surface area is 121 Å². The first-order valence-electron chi connectivity index (χ1n) is 6.50. The van der Waals surface area contributed by atoms with Crippen LogP contribution in [0.1, 0.15) is 27.6 Å². The fraction of sp³-hybridized carbons (Fsp3) is 0.188. The smallest absolute Gasteiger partial charge is 0.202 e. The van der Waals surface area contributed by atoms with Crippen LogP contribution < -0.4 is 4.74 Å². The standard InChI is InChI=1S/C16H14O5/c1-8-10(17)7-11-12(13(8)18)14(19)15(20)16(21-11)9-5-3-2-4-6-9/h2-7,15-18,20H,1H3/t15-,16+/m0/s1. The third-order valence-electron chi connectivity index (χ3n) is 3.67. The van der Waals surface area contributed by atoms with Gasteiger partial charge in [-0.25, -0.2) is 0 Å². The zero-order valence-electron chi connectivity index (χ0n) is 11.3. The number of rotatable bonds is 1. The largest absolute Gasteiger partial charge is 0.507 e. The van der Waals surface area contributed by atoms with E-state index in [1.54, 1.807) is 24.3 Å². The third kappa shape index (κ3) is 2.02. The molecule has 0 amide bonds. The van der Waals surface area contributed by atoms with Gasteiger partial charge in [0.15, 0.2) is 12.2 Å². The first kappa shape index (κ1) is 13.5. The summed E-state index contributed by atoms with van der Waals surface area (Å²) >= 11 is 0. The van der Waals surface area contributed by atoms with Crippen molar-refractivity contribution in [2.45, 2.75) is 19.1 Å². The minimum Gasteiger partial charge on any atom is -0.507 e. The van der Waals surface area contributed by atoms with Crippen LogP contribution in [0, 0.1) is 6.92 Å². The highest BCUT2D eigenvalue weighted by Gasteiger charge is 2.39. The van der Waals surface area contributed by atoms with Crippen molar-refractivity contribution in [1.29, 1.82) is 0 Å². The molecule has 1 aliphatic heterocycles. The van der Waals surface area contributed by atoms with E-state index in [1.807, 2.05) is 6.07 Å². The van der Waals surface area contributed by atoms with Crippen LogP contribution in [0.5, 0.6) is 17.2 Å². The van der Waals surface area contributed by atoms with Gasteiger partial charge in [0, 0.05) is 11.6 Å². The number of fused-ring (bicyclic) bond motifs is 1. The summed E-state index contributed by atoms with van der Waals surface area (Å²) in [6.45, 7) is 1.48. The van der Waals surface area contributed by atoms with Crippen molar-refractivity contribution in [2.24, 2.45) is 0 Å². The number of aliphatic hydroxyl groups excluding tert-OH is 1. The van der Waals surface area contributed by atoms with Gasteiger partial charge in [0.1, 0.15) is 22.8 Å². The molecule has 0 saturated heterocycles. The van der Waals surface area contributed by atoms with E-state index < -0.39 is 18.0 Å². The number of phenols is 2. The first-order valence-corrected chi connectivity index (χ1v) is 6.50. The Morgan fingerprint density at radius 3 is 2.48 bits per heavy atom. The molecular weight excluding hydrogens is 272 g/mol. The number of ether oxygens (including phenoxy) is 1. The van der Waals surface area contributed by atoms with E-state index >= 15 is 0 Å². The molecule has 2 aromatic rings. The molecule has 5 heteroatoms. The Morgan fingerprint density at radius 1 is 1.14 bits per heavy atom. The molecule has 108 valence electrons. The molecule has 3 rings (SSSR count). The van der Waals surface area contributed by atoms with Crippen molar-refractivity contribution >= 4 is 5.78 Å². The van der Waals surface area contributed by atoms with E-state index in [0.717, 1.165) is 0 Å². The van der Waals surface area contributed by atoms with Gasteiger partial charge in [0.25, 0.3) is 0 Å². The molecule has 0 spiro atoms. The predicted molar refractivity (Wildman–Crippen MR) is 74.7 cm³/mol. The number of carbonyl (C=O) groups is 1. The monoisotopic (exact) mass is 286 g/mol. The van der Waals surface area contributed by atoms with E-state index in [0.29, 0.717) is 5.56 Å². The average Bonchev–Trinajstić information content (AvgIpc) is 2.49. The van der Waals surface area contributed by atoms with Gasteiger partial charge in [0.05, 0.1) is 0 Å². The van der Waals surface area contributed by atoms with Crippen molar-refractivity contribution in [3.8, 4) is 17.2 Å². The van der Waals surface area contributed by atoms with Crippen LogP contribution in [0.2, 0.25) is 0 Å². The van der Waals surface area contributed by atoms with Crippen LogP contribution in [0.15, 0.2) is 36.4 Å². The van der Waals surface area contributed by atoms with Gasteiger partial charge in [-0.3, -0.25) is 4.79 Å². The third-order valence-corrected chi connectivity index (χ3v) is 3.67. The quantitative estimate of drug-likeness (QED) is 0.747. The van der Waals surface area contributed by atoms with Crippen LogP contribution in [0.25, 0.3) is 0 Å². The minimum absolute atomic E-state index is 0.0692. The molecule has 0 aromatic heterocycles. The molecule has 0 bridgehead atoms. The maximum absolute atomic E-state index is 12.3. The topological polar surface area (TPSA) is 87.0 Å². The van der Waals surface area contributed by atoms with E-state index in [-0.39, 0.29) is 28.4 Å². The molecule has 3 N–H and O–H groups in total. The molecule has 1 aliphatic rings. The second kappa shape index (κ2) is 4.79. The number of aromatic hydroxyl groups is 2. The number of benzene rings is 2. The normalized spacial score (nSPS) is 20.8. The number of carbonyl (C=O) groups excluding carboxylic acids is 1. The molecule has 1 heterocycles. The summed E-state index contributed by atoms with van der Waals surface area (Å²) in [5.41, 5.74) is 0.726. The van der Waals surface area contributed by atoms with Crippen molar-refractivity contribution in [3.63, 3.8) is 0 Å². The van der Waals surface area contributed by atoms with Gasteiger partial charge in [0.2, 0.25) is 5.78 Å². The van der Waals surface area contributed by atoms with Crippen LogP contribution in [-0.4, -0.2) is 27.2 Å². The summed E-state index contributed by atoms with van der Waals surface area (Å²) in [7, 11) is 0. The summed E-state index contributed by atoms with van der Waals surface area (Å²) in [5.74, 6) is -1.08. The van der Waals surface area contributed by atoms with E-state index in [2.05, 4.69) is 0 Å². The summed E-state index contributed by atoms with van der Waals surface area (Å²) < 4.78 is 5.63. The highest BCUT2D eigenvalue weighted by molar-refractivity contribution is 6.06. The predicted octanol–water partition coefficient (Wildman–Crippen LogP) is 2.08. The first-order chi connectivity index (χ1) is 10.0. The van der Waals surface area contributed by atoms with Gasteiger partial charge < -0.3 is 20.1 Å². The average molecular weight is 286 g/mol. The fourth-order valence-corrected chi connectivity index (χ4v) is 2.44. The lowest BCUT2D eigenvalue weighted by molar-refractivity contribution is 0.0210. The lowest BCUT2D eigenvalue weighted by Crippen LogP contribution is -2.36. The molecule has 21 heavy (non-hydrogen) atoms. The lowest BCUT2D eigenvalue weighted by atomic mass is 9.91. The van der Waals surface area contributed by atoms with Crippen LogP contribution in [0.4, 0.5) is 0 Å². The summed E-state index contributed by atoms with van der Waals surface area (Å²) in [5, 5.41) is 29.9. The zero-order chi connectivity index (χ0) is 15.1. The number of ketones is 1. The van der Waals surface area contributed by atoms with Crippen LogP contribution in [0.3, 0.4) is 0 Å². The number of hydrogen-bond donors (Lipinski definition) is 3. The van der Waals surface area contributed by atoms with Crippen molar-refractivity contribution in [3.05, 3.63) is 53.1 Å². The molecule has 2 atom stereocenters. The van der Waals surface area contributed by atoms with Gasteiger partial charge >= 0.3 is 0 Å². The Kier molecular flexibility index (Phi) is 3.07. The number of phenolic OH excluding ortho intramolecular Hbond substituents is 2. The molecule has 0 saturated carbocycles. The van der Waals surface area contributed by atoms with Gasteiger partial charge in [-0.1, -0.05) is 30.3 Å². The van der Waals surface area contributed by atoms with Crippen molar-refractivity contribution < 1.29 is 24.9 Å². The second-order valence-corrected chi connectivity index (χ2v) is 5.00. The lowest BCUT2D eigenvalue weighted by Gasteiger charge is -2.30. The second-order valence-electron chi connectivity index (χ2n) is 5.00. The Bertz CT molecular complexity index is 708. The van der Waals surface area contributed by atoms with Crippen molar-refractivity contribution in [2.75, 3.05) is 0 Å². The minimum atomic E-state index is -1.41. The number of hydrogen-bond acceptors (Lipinski definition) is 5. The fourth-order valence-electron chi connectivity index (χ4n) is 2.44. The summed E-state index contributed by atoms with van der Waals surface area (Å²) in [4.78, 5) is 12.3. The highest BCUT2D eigenvalue weighted by Crippen LogP contribution is 2.44.